The topological polar surface area (TPSA) is 0 Å². The average molecular weight is 759 g/mol. The van der Waals surface area contributed by atoms with Gasteiger partial charge in [0.05, 0.1) is 0 Å². The minimum Gasteiger partial charge on any atom is -0.0622 e. The number of fused-ring (bicyclic) bond motifs is 9. The second-order valence-corrected chi connectivity index (χ2v) is 16.1. The second kappa shape index (κ2) is 13.9. The number of benzene rings is 12. The Morgan fingerprint density at radius 2 is 0.433 bits per heavy atom. The molecule has 12 rings (SSSR count). The first-order valence-electron chi connectivity index (χ1n) is 20.8. The molecule has 0 fully saturated rings. The van der Waals surface area contributed by atoms with Gasteiger partial charge in [0.1, 0.15) is 0 Å². The lowest BCUT2D eigenvalue weighted by Gasteiger charge is -2.14. The van der Waals surface area contributed by atoms with Gasteiger partial charge in [-0.1, -0.05) is 188 Å². The summed E-state index contributed by atoms with van der Waals surface area (Å²) in [5.74, 6) is 0. The first-order valence-corrected chi connectivity index (χ1v) is 20.8. The highest BCUT2D eigenvalue weighted by atomic mass is 14.2. The molecule has 60 heavy (non-hydrogen) atoms. The van der Waals surface area contributed by atoms with E-state index >= 15 is 0 Å². The first-order chi connectivity index (χ1) is 29.7. The van der Waals surface area contributed by atoms with Crippen molar-refractivity contribution in [2.24, 2.45) is 0 Å². The summed E-state index contributed by atoms with van der Waals surface area (Å²) in [7, 11) is 0. The normalized spacial score (nSPS) is 11.7. The van der Waals surface area contributed by atoms with Crippen LogP contribution in [-0.4, -0.2) is 0 Å². The fourth-order valence-corrected chi connectivity index (χ4v) is 9.42. The molecule has 0 amide bonds. The van der Waals surface area contributed by atoms with Gasteiger partial charge in [-0.2, -0.15) is 0 Å². The zero-order valence-corrected chi connectivity index (χ0v) is 32.9. The molecule has 0 aliphatic rings. The van der Waals surface area contributed by atoms with E-state index in [0.717, 1.165) is 0 Å². The van der Waals surface area contributed by atoms with Gasteiger partial charge in [-0.15, -0.1) is 0 Å². The summed E-state index contributed by atoms with van der Waals surface area (Å²) in [6.07, 6.45) is 0. The fraction of sp³-hybridized carbons (Fsp3) is 0. The minimum absolute atomic E-state index is 1.20. The predicted molar refractivity (Wildman–Crippen MR) is 259 cm³/mol. The Balaban J connectivity index is 0.947. The third-order valence-electron chi connectivity index (χ3n) is 12.6. The summed E-state index contributed by atoms with van der Waals surface area (Å²) in [6.45, 7) is 0. The fourth-order valence-electron chi connectivity index (χ4n) is 9.42. The molecule has 12 aromatic rings. The van der Waals surface area contributed by atoms with Gasteiger partial charge in [0.2, 0.25) is 0 Å². The lowest BCUT2D eigenvalue weighted by molar-refractivity contribution is 1.57. The van der Waals surface area contributed by atoms with Crippen LogP contribution in [0.15, 0.2) is 231 Å². The van der Waals surface area contributed by atoms with E-state index in [2.05, 4.69) is 231 Å². The molecule has 0 saturated heterocycles. The SMILES string of the molecule is c1ccc(-c2ccc3ccc4cc(-c5ccc(-c6cc(-c7ccc8c(ccc9ccccc98)c7)cc(-c7ccc8c(ccc9ccccc98)c7)c6)cc5)ccc4c3c2)cc1. The van der Waals surface area contributed by atoms with Crippen LogP contribution in [0, 0.1) is 0 Å². The highest BCUT2D eigenvalue weighted by Crippen LogP contribution is 2.39. The maximum atomic E-state index is 2.36. The van der Waals surface area contributed by atoms with E-state index in [1.54, 1.807) is 0 Å². The highest BCUT2D eigenvalue weighted by molar-refractivity contribution is 6.11. The van der Waals surface area contributed by atoms with E-state index in [4.69, 9.17) is 0 Å². The molecule has 12 aromatic carbocycles. The van der Waals surface area contributed by atoms with Crippen LogP contribution in [0.2, 0.25) is 0 Å². The van der Waals surface area contributed by atoms with E-state index in [1.807, 2.05) is 0 Å². The molecule has 0 nitrogen and oxygen atoms in total. The Morgan fingerprint density at radius 1 is 0.133 bits per heavy atom. The number of hydrogen-bond acceptors (Lipinski definition) is 0. The molecule has 0 saturated carbocycles. The predicted octanol–water partition coefficient (Wildman–Crippen LogP) is 16.9. The quantitative estimate of drug-likeness (QED) is 0.153. The van der Waals surface area contributed by atoms with Gasteiger partial charge >= 0.3 is 0 Å². The molecule has 278 valence electrons. The summed E-state index contributed by atoms with van der Waals surface area (Å²) in [6, 6.07) is 85.3. The zero-order chi connectivity index (χ0) is 39.6. The van der Waals surface area contributed by atoms with Crippen molar-refractivity contribution in [3.63, 3.8) is 0 Å². The molecule has 0 heteroatoms. The summed E-state index contributed by atoms with van der Waals surface area (Å²) in [5.41, 5.74) is 12.1. The molecule has 0 N–H and O–H groups in total. The molecule has 0 heterocycles. The molecule has 0 spiro atoms. The van der Waals surface area contributed by atoms with Crippen molar-refractivity contribution in [3.05, 3.63) is 231 Å². The maximum Gasteiger partial charge on any atom is -0.00992 e. The molecule has 0 radical (unpaired) electrons. The van der Waals surface area contributed by atoms with Crippen LogP contribution in [0.5, 0.6) is 0 Å². The summed E-state index contributed by atoms with van der Waals surface area (Å²) < 4.78 is 0. The van der Waals surface area contributed by atoms with Crippen LogP contribution < -0.4 is 0 Å². The summed E-state index contributed by atoms with van der Waals surface area (Å²) >= 11 is 0. The lowest BCUT2D eigenvalue weighted by atomic mass is 9.90. The molecule has 0 atom stereocenters. The maximum absolute atomic E-state index is 2.36. The minimum atomic E-state index is 1.20. The first kappa shape index (κ1) is 34.3. The highest BCUT2D eigenvalue weighted by Gasteiger charge is 2.12. The van der Waals surface area contributed by atoms with Crippen molar-refractivity contribution in [1.29, 1.82) is 0 Å². The average Bonchev–Trinajstić information content (AvgIpc) is 3.33. The molecular weight excluding hydrogens is 721 g/mol. The third-order valence-corrected chi connectivity index (χ3v) is 12.6. The van der Waals surface area contributed by atoms with Crippen molar-refractivity contribution >= 4 is 64.6 Å². The van der Waals surface area contributed by atoms with Crippen LogP contribution in [0.25, 0.3) is 120 Å². The lowest BCUT2D eigenvalue weighted by Crippen LogP contribution is -1.88. The molecule has 0 unspecified atom stereocenters. The van der Waals surface area contributed by atoms with Crippen LogP contribution in [0.1, 0.15) is 0 Å². The Bertz CT molecular complexity index is 3490. The summed E-state index contributed by atoms with van der Waals surface area (Å²) in [4.78, 5) is 0. The number of rotatable bonds is 5. The summed E-state index contributed by atoms with van der Waals surface area (Å²) in [5, 5.41) is 15.2. The van der Waals surface area contributed by atoms with Crippen LogP contribution >= 0.6 is 0 Å². The van der Waals surface area contributed by atoms with Gasteiger partial charge in [0, 0.05) is 0 Å². The monoisotopic (exact) mass is 758 g/mol. The second-order valence-electron chi connectivity index (χ2n) is 16.1. The van der Waals surface area contributed by atoms with Gasteiger partial charge < -0.3 is 0 Å². The number of hydrogen-bond donors (Lipinski definition) is 0. The van der Waals surface area contributed by atoms with E-state index in [1.165, 1.54) is 120 Å². The largest absolute Gasteiger partial charge is 0.0622 e. The third kappa shape index (κ3) is 5.93. The van der Waals surface area contributed by atoms with Gasteiger partial charge in [-0.05, 0) is 163 Å². The van der Waals surface area contributed by atoms with Gasteiger partial charge in [0.25, 0.3) is 0 Å². The molecule has 0 aromatic heterocycles. The zero-order valence-electron chi connectivity index (χ0n) is 32.9. The smallest absolute Gasteiger partial charge is 0.00992 e. The molecule has 0 aliphatic carbocycles. The van der Waals surface area contributed by atoms with E-state index in [0.29, 0.717) is 0 Å². The molecular formula is C60H38. The Kier molecular flexibility index (Phi) is 7.96. The van der Waals surface area contributed by atoms with Gasteiger partial charge in [0.15, 0.2) is 0 Å². The van der Waals surface area contributed by atoms with E-state index < -0.39 is 0 Å². The Labute approximate surface area is 349 Å². The van der Waals surface area contributed by atoms with Crippen molar-refractivity contribution in [2.45, 2.75) is 0 Å². The van der Waals surface area contributed by atoms with Crippen LogP contribution in [-0.2, 0) is 0 Å². The standard InChI is InChI=1S/C60H38/c1-2-8-39(9-3-1)48-22-18-44-21-25-51-32-45(26-31-59(51)60(44)38-48)40-14-16-41(17-15-40)52-35-53(46-27-29-57-49(33-46)23-19-42-10-4-6-12-55(42)57)37-54(36-52)47-28-30-58-50(34-47)24-20-43-11-5-7-13-56(43)58/h1-38H. The van der Waals surface area contributed by atoms with Gasteiger partial charge in [-0.3, -0.25) is 0 Å². The molecule has 0 bridgehead atoms. The van der Waals surface area contributed by atoms with E-state index in [-0.39, 0.29) is 0 Å². The van der Waals surface area contributed by atoms with E-state index in [9.17, 15) is 0 Å². The van der Waals surface area contributed by atoms with Crippen LogP contribution in [0.4, 0.5) is 0 Å². The van der Waals surface area contributed by atoms with Crippen molar-refractivity contribution < 1.29 is 0 Å². The molecule has 0 aliphatic heterocycles. The van der Waals surface area contributed by atoms with Crippen molar-refractivity contribution in [2.75, 3.05) is 0 Å². The Hall–Kier alpha value is -7.80. The van der Waals surface area contributed by atoms with Gasteiger partial charge in [-0.25, -0.2) is 0 Å². The Morgan fingerprint density at radius 3 is 0.967 bits per heavy atom. The van der Waals surface area contributed by atoms with Crippen molar-refractivity contribution in [3.8, 4) is 55.6 Å². The van der Waals surface area contributed by atoms with Crippen LogP contribution in [0.3, 0.4) is 0 Å². The van der Waals surface area contributed by atoms with Crippen molar-refractivity contribution in [1.82, 2.24) is 0 Å².